The molecular formula is C17H28O5. The molecule has 0 bridgehead atoms. The number of ketones is 1. The van der Waals surface area contributed by atoms with Crippen molar-refractivity contribution in [3.05, 3.63) is 12.2 Å². The van der Waals surface area contributed by atoms with Gasteiger partial charge in [0, 0.05) is 18.4 Å². The lowest BCUT2D eigenvalue weighted by molar-refractivity contribution is -0.154. The summed E-state index contributed by atoms with van der Waals surface area (Å²) in [5.41, 5.74) is -0.125. The van der Waals surface area contributed by atoms with Crippen LogP contribution in [0.5, 0.6) is 0 Å². The molecule has 0 saturated carbocycles. The third-order valence-corrected chi connectivity index (χ3v) is 3.45. The molecule has 0 atom stereocenters. The first-order chi connectivity index (χ1) is 10.2. The van der Waals surface area contributed by atoms with Gasteiger partial charge in [0.05, 0.1) is 18.6 Å². The molecular weight excluding hydrogens is 284 g/mol. The van der Waals surface area contributed by atoms with Gasteiger partial charge in [0.2, 0.25) is 0 Å². The summed E-state index contributed by atoms with van der Waals surface area (Å²) in [6, 6.07) is 0. The van der Waals surface area contributed by atoms with Crippen LogP contribution in [0.1, 0.15) is 59.8 Å². The number of carbonyl (C=O) groups excluding carboxylic acids is 3. The van der Waals surface area contributed by atoms with Crippen molar-refractivity contribution in [1.29, 1.82) is 0 Å². The van der Waals surface area contributed by atoms with Crippen molar-refractivity contribution >= 4 is 17.7 Å². The van der Waals surface area contributed by atoms with Gasteiger partial charge in [-0.15, -0.1) is 0 Å². The molecule has 0 heterocycles. The highest BCUT2D eigenvalue weighted by atomic mass is 16.5. The Morgan fingerprint density at radius 3 is 1.95 bits per heavy atom. The van der Waals surface area contributed by atoms with E-state index in [0.29, 0.717) is 37.7 Å². The van der Waals surface area contributed by atoms with Crippen LogP contribution in [0.3, 0.4) is 0 Å². The summed E-state index contributed by atoms with van der Waals surface area (Å²) in [5, 5.41) is 0. The van der Waals surface area contributed by atoms with Crippen molar-refractivity contribution in [3.8, 4) is 0 Å². The number of hydrogen-bond donors (Lipinski definition) is 0. The first-order valence-electron chi connectivity index (χ1n) is 7.72. The van der Waals surface area contributed by atoms with E-state index in [1.807, 2.05) is 20.8 Å². The quantitative estimate of drug-likeness (QED) is 0.333. The standard InChI is InChI=1S/C17H28O5/c1-6-17(4,5)16(20)22-12-8-10-14(18)9-7-11-21-15(19)13(2)3/h2,6-12H2,1,3-5H3. The topological polar surface area (TPSA) is 69.7 Å². The SMILES string of the molecule is C=C(C)C(=O)OCCCC(=O)CCCOC(=O)C(C)(C)CC. The molecule has 0 aliphatic rings. The van der Waals surface area contributed by atoms with Crippen LogP contribution in [0.2, 0.25) is 0 Å². The highest BCUT2D eigenvalue weighted by Crippen LogP contribution is 2.21. The smallest absolute Gasteiger partial charge is 0.333 e. The van der Waals surface area contributed by atoms with Crippen LogP contribution in [-0.2, 0) is 23.9 Å². The van der Waals surface area contributed by atoms with Crippen LogP contribution in [0, 0.1) is 5.41 Å². The maximum absolute atomic E-state index is 11.7. The molecule has 0 rings (SSSR count). The van der Waals surface area contributed by atoms with E-state index < -0.39 is 11.4 Å². The van der Waals surface area contributed by atoms with Gasteiger partial charge in [0.1, 0.15) is 5.78 Å². The maximum Gasteiger partial charge on any atom is 0.333 e. The highest BCUT2D eigenvalue weighted by molar-refractivity contribution is 5.86. The Kier molecular flexibility index (Phi) is 9.38. The van der Waals surface area contributed by atoms with Crippen LogP contribution in [0.15, 0.2) is 12.2 Å². The number of esters is 2. The van der Waals surface area contributed by atoms with E-state index in [-0.39, 0.29) is 25.0 Å². The summed E-state index contributed by atoms with van der Waals surface area (Å²) < 4.78 is 10.1. The van der Waals surface area contributed by atoms with E-state index in [2.05, 4.69) is 6.58 Å². The van der Waals surface area contributed by atoms with E-state index in [1.165, 1.54) is 0 Å². The van der Waals surface area contributed by atoms with Gasteiger partial charge in [0.15, 0.2) is 0 Å². The maximum atomic E-state index is 11.7. The van der Waals surface area contributed by atoms with Crippen molar-refractivity contribution in [2.45, 2.75) is 59.8 Å². The minimum absolute atomic E-state index is 0.0807. The lowest BCUT2D eigenvalue weighted by atomic mass is 9.91. The molecule has 0 aromatic carbocycles. The number of rotatable bonds is 11. The predicted octanol–water partition coefficient (Wildman–Crippen LogP) is 3.21. The summed E-state index contributed by atoms with van der Waals surface area (Å²) >= 11 is 0. The van der Waals surface area contributed by atoms with E-state index >= 15 is 0 Å². The van der Waals surface area contributed by atoms with Gasteiger partial charge in [-0.1, -0.05) is 13.5 Å². The van der Waals surface area contributed by atoms with Crippen molar-refractivity contribution in [3.63, 3.8) is 0 Å². The lowest BCUT2D eigenvalue weighted by Gasteiger charge is -2.20. The van der Waals surface area contributed by atoms with Gasteiger partial charge in [-0.3, -0.25) is 9.59 Å². The molecule has 0 aromatic heterocycles. The summed E-state index contributed by atoms with van der Waals surface area (Å²) in [4.78, 5) is 34.4. The summed E-state index contributed by atoms with van der Waals surface area (Å²) in [7, 11) is 0. The van der Waals surface area contributed by atoms with E-state index in [9.17, 15) is 14.4 Å². The van der Waals surface area contributed by atoms with Gasteiger partial charge in [0.25, 0.3) is 0 Å². The summed E-state index contributed by atoms with van der Waals surface area (Å²) in [6.45, 7) is 11.1. The molecule has 0 saturated heterocycles. The molecule has 0 aromatic rings. The molecule has 5 heteroatoms. The monoisotopic (exact) mass is 312 g/mol. The third kappa shape index (κ3) is 8.60. The predicted molar refractivity (Wildman–Crippen MR) is 84.3 cm³/mol. The Bertz CT molecular complexity index is 409. The average molecular weight is 312 g/mol. The Labute approximate surface area is 133 Å². The normalized spacial score (nSPS) is 10.9. The molecule has 5 nitrogen and oxygen atoms in total. The summed E-state index contributed by atoms with van der Waals surface area (Å²) in [6.07, 6.45) is 2.47. The Morgan fingerprint density at radius 2 is 1.50 bits per heavy atom. The van der Waals surface area contributed by atoms with Crippen LogP contribution in [-0.4, -0.2) is 30.9 Å². The number of Topliss-reactive ketones (excluding diaryl/α,β-unsaturated/α-hetero) is 1. The number of carbonyl (C=O) groups is 3. The van der Waals surface area contributed by atoms with Gasteiger partial charge in [-0.05, 0) is 40.0 Å². The molecule has 0 unspecified atom stereocenters. The van der Waals surface area contributed by atoms with Crippen LogP contribution in [0.25, 0.3) is 0 Å². The molecule has 0 spiro atoms. The third-order valence-electron chi connectivity index (χ3n) is 3.45. The molecule has 0 radical (unpaired) electrons. The molecule has 0 aliphatic carbocycles. The molecule has 126 valence electrons. The van der Waals surface area contributed by atoms with Gasteiger partial charge in [-0.25, -0.2) is 4.79 Å². The van der Waals surface area contributed by atoms with E-state index in [0.717, 1.165) is 0 Å². The first kappa shape index (κ1) is 20.3. The minimum atomic E-state index is -0.475. The van der Waals surface area contributed by atoms with Crippen molar-refractivity contribution in [2.75, 3.05) is 13.2 Å². The minimum Gasteiger partial charge on any atom is -0.465 e. The Hall–Kier alpha value is -1.65. The molecule has 0 amide bonds. The Morgan fingerprint density at radius 1 is 1.00 bits per heavy atom. The highest BCUT2D eigenvalue weighted by Gasteiger charge is 2.26. The molecule has 0 aliphatic heterocycles. The van der Waals surface area contributed by atoms with E-state index in [4.69, 9.17) is 9.47 Å². The Balaban J connectivity index is 3.69. The lowest BCUT2D eigenvalue weighted by Crippen LogP contribution is -2.26. The molecule has 0 N–H and O–H groups in total. The van der Waals surface area contributed by atoms with Gasteiger partial charge < -0.3 is 9.47 Å². The second-order valence-electron chi connectivity index (χ2n) is 6.04. The zero-order valence-electron chi connectivity index (χ0n) is 14.2. The fourth-order valence-electron chi connectivity index (χ4n) is 1.46. The summed E-state index contributed by atoms with van der Waals surface area (Å²) in [5.74, 6) is -0.579. The van der Waals surface area contributed by atoms with Crippen molar-refractivity contribution in [2.24, 2.45) is 5.41 Å². The second-order valence-corrected chi connectivity index (χ2v) is 6.04. The van der Waals surface area contributed by atoms with Gasteiger partial charge >= 0.3 is 11.9 Å². The van der Waals surface area contributed by atoms with Gasteiger partial charge in [-0.2, -0.15) is 0 Å². The molecule has 0 fully saturated rings. The fourth-order valence-corrected chi connectivity index (χ4v) is 1.46. The van der Waals surface area contributed by atoms with Crippen molar-refractivity contribution in [1.82, 2.24) is 0 Å². The largest absolute Gasteiger partial charge is 0.465 e. The number of ether oxygens (including phenoxy) is 2. The second kappa shape index (κ2) is 10.1. The zero-order valence-corrected chi connectivity index (χ0v) is 14.2. The van der Waals surface area contributed by atoms with Crippen LogP contribution in [0.4, 0.5) is 0 Å². The fraction of sp³-hybridized carbons (Fsp3) is 0.706. The molecule has 22 heavy (non-hydrogen) atoms. The van der Waals surface area contributed by atoms with E-state index in [1.54, 1.807) is 6.92 Å². The first-order valence-corrected chi connectivity index (χ1v) is 7.72. The zero-order chi connectivity index (χ0) is 17.2. The van der Waals surface area contributed by atoms with Crippen LogP contribution >= 0.6 is 0 Å². The average Bonchev–Trinajstić information content (AvgIpc) is 2.47. The van der Waals surface area contributed by atoms with Crippen LogP contribution < -0.4 is 0 Å². The van der Waals surface area contributed by atoms with Crippen molar-refractivity contribution < 1.29 is 23.9 Å². The number of hydrogen-bond acceptors (Lipinski definition) is 5.